The largest absolute Gasteiger partial charge is 0.516 e. The summed E-state index contributed by atoms with van der Waals surface area (Å²) in [5, 5.41) is 18.6. The normalized spacial score (nSPS) is 27.4. The molecule has 1 aliphatic carbocycles. The van der Waals surface area contributed by atoms with Crippen molar-refractivity contribution >= 4 is 5.97 Å². The summed E-state index contributed by atoms with van der Waals surface area (Å²) >= 11 is 0. The quantitative estimate of drug-likeness (QED) is 0.322. The first kappa shape index (κ1) is 15.8. The standard InChI is InChI=1S/C15H24O4/c1-19-15(18)7-5-3-2-4-6-12-8-9-14(17)13(12)10-11-16/h2,4,10-14,16-17H,3,5-9H2,1H3/b4-2-,11-10+/t12-,13?,14+/m0/s1. The van der Waals surface area contributed by atoms with E-state index in [1.807, 2.05) is 0 Å². The molecule has 0 aromatic heterocycles. The number of allylic oxidation sites excluding steroid dienone is 2. The maximum atomic E-state index is 10.9. The van der Waals surface area contributed by atoms with E-state index in [9.17, 15) is 9.90 Å². The lowest BCUT2D eigenvalue weighted by atomic mass is 9.91. The van der Waals surface area contributed by atoms with Crippen molar-refractivity contribution in [2.45, 2.75) is 44.6 Å². The molecule has 4 nitrogen and oxygen atoms in total. The zero-order chi connectivity index (χ0) is 14.1. The zero-order valence-electron chi connectivity index (χ0n) is 11.5. The fourth-order valence-corrected chi connectivity index (χ4v) is 2.60. The Morgan fingerprint density at radius 3 is 2.84 bits per heavy atom. The van der Waals surface area contributed by atoms with Gasteiger partial charge >= 0.3 is 5.97 Å². The molecule has 4 heteroatoms. The van der Waals surface area contributed by atoms with Crippen LogP contribution >= 0.6 is 0 Å². The van der Waals surface area contributed by atoms with Crippen molar-refractivity contribution in [3.63, 3.8) is 0 Å². The van der Waals surface area contributed by atoms with Gasteiger partial charge in [-0.15, -0.1) is 0 Å². The Balaban J connectivity index is 2.22. The van der Waals surface area contributed by atoms with E-state index in [4.69, 9.17) is 5.11 Å². The van der Waals surface area contributed by atoms with Gasteiger partial charge in [0, 0.05) is 12.3 Å². The highest BCUT2D eigenvalue weighted by molar-refractivity contribution is 5.68. The lowest BCUT2D eigenvalue weighted by Crippen LogP contribution is -2.16. The summed E-state index contributed by atoms with van der Waals surface area (Å²) in [7, 11) is 1.40. The Labute approximate surface area is 114 Å². The van der Waals surface area contributed by atoms with Crippen molar-refractivity contribution in [2.24, 2.45) is 11.8 Å². The SMILES string of the molecule is COC(=O)CCC/C=C\C[C@H]1CC[C@@H](O)C1/C=C/O. The molecule has 0 radical (unpaired) electrons. The number of unbranched alkanes of at least 4 members (excludes halogenated alkanes) is 1. The third-order valence-electron chi connectivity index (χ3n) is 3.72. The molecule has 1 unspecified atom stereocenters. The van der Waals surface area contributed by atoms with E-state index in [2.05, 4.69) is 16.9 Å². The van der Waals surface area contributed by atoms with Gasteiger partial charge in [-0.3, -0.25) is 4.79 Å². The van der Waals surface area contributed by atoms with E-state index in [0.29, 0.717) is 12.3 Å². The summed E-state index contributed by atoms with van der Waals surface area (Å²) in [4.78, 5) is 10.9. The van der Waals surface area contributed by atoms with Crippen molar-refractivity contribution in [1.82, 2.24) is 0 Å². The van der Waals surface area contributed by atoms with Crippen LogP contribution in [0.1, 0.15) is 38.5 Å². The molecule has 1 fully saturated rings. The minimum atomic E-state index is -0.332. The fraction of sp³-hybridized carbons (Fsp3) is 0.667. The number of methoxy groups -OCH3 is 1. The maximum Gasteiger partial charge on any atom is 0.305 e. The van der Waals surface area contributed by atoms with Gasteiger partial charge in [0.05, 0.1) is 19.5 Å². The van der Waals surface area contributed by atoms with Crippen LogP contribution in [0.3, 0.4) is 0 Å². The Kier molecular flexibility index (Phi) is 7.26. The van der Waals surface area contributed by atoms with Crippen molar-refractivity contribution in [3.05, 3.63) is 24.5 Å². The molecule has 0 aromatic carbocycles. The number of rotatable bonds is 7. The van der Waals surface area contributed by atoms with Crippen LogP contribution in [0, 0.1) is 11.8 Å². The van der Waals surface area contributed by atoms with Crippen LogP contribution in [-0.4, -0.2) is 29.4 Å². The van der Waals surface area contributed by atoms with Crippen LogP contribution in [0.25, 0.3) is 0 Å². The van der Waals surface area contributed by atoms with E-state index in [-0.39, 0.29) is 18.0 Å². The lowest BCUT2D eigenvalue weighted by Gasteiger charge is -2.16. The minimum absolute atomic E-state index is 0.0599. The second-order valence-corrected chi connectivity index (χ2v) is 5.00. The molecule has 108 valence electrons. The van der Waals surface area contributed by atoms with E-state index in [1.165, 1.54) is 7.11 Å². The van der Waals surface area contributed by atoms with Crippen LogP contribution < -0.4 is 0 Å². The first-order chi connectivity index (χ1) is 9.19. The van der Waals surface area contributed by atoms with Crippen LogP contribution in [-0.2, 0) is 9.53 Å². The molecule has 1 rings (SSSR count). The van der Waals surface area contributed by atoms with Gasteiger partial charge in [-0.1, -0.05) is 12.2 Å². The topological polar surface area (TPSA) is 66.8 Å². The molecule has 1 aliphatic rings. The second-order valence-electron chi connectivity index (χ2n) is 5.00. The van der Waals surface area contributed by atoms with Crippen molar-refractivity contribution < 1.29 is 19.7 Å². The summed E-state index contributed by atoms with van der Waals surface area (Å²) < 4.78 is 4.57. The highest BCUT2D eigenvalue weighted by Crippen LogP contribution is 2.35. The summed E-state index contributed by atoms with van der Waals surface area (Å²) in [6.07, 6.45) is 11.4. The first-order valence-electron chi connectivity index (χ1n) is 6.89. The number of carbonyl (C=O) groups is 1. The predicted octanol–water partition coefficient (Wildman–Crippen LogP) is 2.73. The summed E-state index contributed by atoms with van der Waals surface area (Å²) in [6.45, 7) is 0. The first-order valence-corrected chi connectivity index (χ1v) is 6.89. The average Bonchev–Trinajstić information content (AvgIpc) is 2.75. The molecular weight excluding hydrogens is 244 g/mol. The molecule has 0 saturated heterocycles. The van der Waals surface area contributed by atoms with E-state index in [0.717, 1.165) is 38.4 Å². The lowest BCUT2D eigenvalue weighted by molar-refractivity contribution is -0.140. The molecule has 0 heterocycles. The van der Waals surface area contributed by atoms with Gasteiger partial charge in [-0.25, -0.2) is 0 Å². The third kappa shape index (κ3) is 5.47. The van der Waals surface area contributed by atoms with Gasteiger partial charge < -0.3 is 14.9 Å². The monoisotopic (exact) mass is 268 g/mol. The van der Waals surface area contributed by atoms with Gasteiger partial charge in [-0.05, 0) is 44.1 Å². The smallest absolute Gasteiger partial charge is 0.305 e. The Morgan fingerprint density at radius 1 is 1.37 bits per heavy atom. The number of aliphatic hydroxyl groups is 2. The fourth-order valence-electron chi connectivity index (χ4n) is 2.60. The molecule has 0 aromatic rings. The molecule has 1 saturated carbocycles. The molecular formula is C15H24O4. The number of hydrogen-bond acceptors (Lipinski definition) is 4. The van der Waals surface area contributed by atoms with Gasteiger partial charge in [-0.2, -0.15) is 0 Å². The Hall–Kier alpha value is -1.29. The molecule has 2 N–H and O–H groups in total. The summed E-state index contributed by atoms with van der Waals surface area (Å²) in [6, 6.07) is 0. The number of aliphatic hydroxyl groups excluding tert-OH is 2. The van der Waals surface area contributed by atoms with Gasteiger partial charge in [0.25, 0.3) is 0 Å². The second kappa shape index (κ2) is 8.75. The molecule has 19 heavy (non-hydrogen) atoms. The van der Waals surface area contributed by atoms with Crippen molar-refractivity contribution in [3.8, 4) is 0 Å². The third-order valence-corrected chi connectivity index (χ3v) is 3.72. The minimum Gasteiger partial charge on any atom is -0.516 e. The highest BCUT2D eigenvalue weighted by atomic mass is 16.5. The highest BCUT2D eigenvalue weighted by Gasteiger charge is 2.32. The number of ether oxygens (including phenoxy) is 1. The molecule has 0 bridgehead atoms. The van der Waals surface area contributed by atoms with Gasteiger partial charge in [0.15, 0.2) is 0 Å². The summed E-state index contributed by atoms with van der Waals surface area (Å²) in [5.41, 5.74) is 0. The van der Waals surface area contributed by atoms with E-state index < -0.39 is 0 Å². The van der Waals surface area contributed by atoms with Gasteiger partial charge in [0.1, 0.15) is 0 Å². The molecule has 0 aliphatic heterocycles. The predicted molar refractivity (Wildman–Crippen MR) is 73.6 cm³/mol. The Morgan fingerprint density at radius 2 is 2.16 bits per heavy atom. The van der Waals surface area contributed by atoms with Crippen LogP contribution in [0.2, 0.25) is 0 Å². The van der Waals surface area contributed by atoms with Crippen LogP contribution in [0.4, 0.5) is 0 Å². The van der Waals surface area contributed by atoms with Crippen LogP contribution in [0.15, 0.2) is 24.5 Å². The van der Waals surface area contributed by atoms with Gasteiger partial charge in [0.2, 0.25) is 0 Å². The molecule has 0 amide bonds. The zero-order valence-corrected chi connectivity index (χ0v) is 11.5. The maximum absolute atomic E-state index is 10.9. The molecule has 3 atom stereocenters. The van der Waals surface area contributed by atoms with E-state index >= 15 is 0 Å². The van der Waals surface area contributed by atoms with E-state index in [1.54, 1.807) is 6.08 Å². The number of carbonyl (C=O) groups excluding carboxylic acids is 1. The van der Waals surface area contributed by atoms with Crippen molar-refractivity contribution in [1.29, 1.82) is 0 Å². The van der Waals surface area contributed by atoms with Crippen LogP contribution in [0.5, 0.6) is 0 Å². The van der Waals surface area contributed by atoms with Crippen molar-refractivity contribution in [2.75, 3.05) is 7.11 Å². The number of esters is 1. The summed E-state index contributed by atoms with van der Waals surface area (Å²) in [5.74, 6) is 0.292. The average molecular weight is 268 g/mol. The number of hydrogen-bond donors (Lipinski definition) is 2. The molecule has 0 spiro atoms. The Bertz CT molecular complexity index is 322.